The van der Waals surface area contributed by atoms with E-state index in [1.165, 1.54) is 0 Å². The second-order valence-electron chi connectivity index (χ2n) is 4.89. The predicted molar refractivity (Wildman–Crippen MR) is 92.3 cm³/mol. The van der Waals surface area contributed by atoms with Crippen LogP contribution in [-0.2, 0) is 0 Å². The number of para-hydroxylation sites is 2. The van der Waals surface area contributed by atoms with Gasteiger partial charge in [-0.1, -0.05) is 30.3 Å². The van der Waals surface area contributed by atoms with Gasteiger partial charge in [-0.25, -0.2) is 5.43 Å². The van der Waals surface area contributed by atoms with Crippen LogP contribution in [-0.4, -0.2) is 17.1 Å². The first kappa shape index (κ1) is 15.4. The van der Waals surface area contributed by atoms with Gasteiger partial charge < -0.3 is 4.74 Å². The second-order valence-corrected chi connectivity index (χ2v) is 4.89. The van der Waals surface area contributed by atoms with Crippen LogP contribution in [0.4, 0.5) is 0 Å². The highest BCUT2D eigenvalue weighted by Gasteiger charge is 2.11. The van der Waals surface area contributed by atoms with Crippen LogP contribution in [0.15, 0.2) is 84.2 Å². The molecule has 0 unspecified atom stereocenters. The highest BCUT2D eigenvalue weighted by atomic mass is 16.5. The van der Waals surface area contributed by atoms with E-state index in [-0.39, 0.29) is 5.91 Å². The number of aromatic nitrogens is 1. The number of pyridine rings is 1. The lowest BCUT2D eigenvalue weighted by Gasteiger charge is -2.09. The molecule has 118 valence electrons. The Morgan fingerprint density at radius 1 is 0.958 bits per heavy atom. The minimum absolute atomic E-state index is 0.341. The summed E-state index contributed by atoms with van der Waals surface area (Å²) >= 11 is 0. The summed E-state index contributed by atoms with van der Waals surface area (Å²) < 4.78 is 5.77. The van der Waals surface area contributed by atoms with E-state index in [0.717, 1.165) is 5.56 Å². The van der Waals surface area contributed by atoms with Crippen LogP contribution in [0, 0.1) is 0 Å². The van der Waals surface area contributed by atoms with Crippen molar-refractivity contribution in [3.8, 4) is 11.5 Å². The fraction of sp³-hybridized carbons (Fsp3) is 0. The van der Waals surface area contributed by atoms with Crippen LogP contribution in [0.25, 0.3) is 0 Å². The number of nitrogens with one attached hydrogen (secondary N) is 1. The molecule has 0 aliphatic heterocycles. The lowest BCUT2D eigenvalue weighted by molar-refractivity contribution is 0.0953. The molecule has 1 N–H and O–H groups in total. The van der Waals surface area contributed by atoms with E-state index in [2.05, 4.69) is 15.5 Å². The van der Waals surface area contributed by atoms with Gasteiger partial charge in [-0.2, -0.15) is 5.10 Å². The number of carbonyl (C=O) groups is 1. The fourth-order valence-corrected chi connectivity index (χ4v) is 2.03. The second kappa shape index (κ2) is 7.69. The molecule has 2 aromatic carbocycles. The first-order valence-electron chi connectivity index (χ1n) is 7.38. The van der Waals surface area contributed by atoms with Crippen molar-refractivity contribution in [2.75, 3.05) is 0 Å². The first-order chi connectivity index (χ1) is 11.8. The van der Waals surface area contributed by atoms with Crippen LogP contribution < -0.4 is 10.2 Å². The minimum atomic E-state index is -0.341. The van der Waals surface area contributed by atoms with E-state index >= 15 is 0 Å². The number of hydrogen-bond donors (Lipinski definition) is 1. The zero-order chi connectivity index (χ0) is 16.6. The SMILES string of the molecule is O=C(N/N=C/c1ccncc1)c1ccccc1Oc1ccccc1. The summed E-state index contributed by atoms with van der Waals surface area (Å²) in [6.07, 6.45) is 4.87. The molecule has 24 heavy (non-hydrogen) atoms. The summed E-state index contributed by atoms with van der Waals surface area (Å²) in [5, 5.41) is 3.96. The molecule has 3 rings (SSSR count). The summed E-state index contributed by atoms with van der Waals surface area (Å²) in [6, 6.07) is 19.9. The molecule has 0 aliphatic rings. The van der Waals surface area contributed by atoms with Gasteiger partial charge in [0.05, 0.1) is 11.8 Å². The van der Waals surface area contributed by atoms with Gasteiger partial charge >= 0.3 is 0 Å². The monoisotopic (exact) mass is 317 g/mol. The van der Waals surface area contributed by atoms with Gasteiger partial charge in [0, 0.05) is 12.4 Å². The van der Waals surface area contributed by atoms with Crippen molar-refractivity contribution >= 4 is 12.1 Å². The quantitative estimate of drug-likeness (QED) is 0.577. The normalized spacial score (nSPS) is 10.5. The van der Waals surface area contributed by atoms with E-state index in [1.807, 2.05) is 36.4 Å². The van der Waals surface area contributed by atoms with Gasteiger partial charge in [0.25, 0.3) is 5.91 Å². The molecule has 5 nitrogen and oxygen atoms in total. The highest BCUT2D eigenvalue weighted by molar-refractivity contribution is 5.97. The maximum Gasteiger partial charge on any atom is 0.275 e. The highest BCUT2D eigenvalue weighted by Crippen LogP contribution is 2.24. The van der Waals surface area contributed by atoms with Crippen LogP contribution in [0.1, 0.15) is 15.9 Å². The number of carbonyl (C=O) groups excluding carboxylic acids is 1. The third-order valence-electron chi connectivity index (χ3n) is 3.19. The zero-order valence-electron chi connectivity index (χ0n) is 12.8. The van der Waals surface area contributed by atoms with Gasteiger partial charge in [0.15, 0.2) is 0 Å². The standard InChI is InChI=1S/C19H15N3O2/c23-19(22-21-14-15-10-12-20-13-11-15)17-8-4-5-9-18(17)24-16-6-2-1-3-7-16/h1-14H,(H,22,23)/b21-14+. The van der Waals surface area contributed by atoms with Crippen LogP contribution >= 0.6 is 0 Å². The molecule has 0 saturated carbocycles. The van der Waals surface area contributed by atoms with Crippen molar-refractivity contribution in [3.05, 3.63) is 90.3 Å². The molecule has 1 aromatic heterocycles. The third kappa shape index (κ3) is 4.04. The third-order valence-corrected chi connectivity index (χ3v) is 3.19. The van der Waals surface area contributed by atoms with Crippen molar-refractivity contribution in [2.24, 2.45) is 5.10 Å². The average molecular weight is 317 g/mol. The lowest BCUT2D eigenvalue weighted by Crippen LogP contribution is -2.18. The number of amides is 1. The number of hydrazone groups is 1. The fourth-order valence-electron chi connectivity index (χ4n) is 2.03. The summed E-state index contributed by atoms with van der Waals surface area (Å²) in [5.41, 5.74) is 3.76. The van der Waals surface area contributed by atoms with Crippen LogP contribution in [0.3, 0.4) is 0 Å². The predicted octanol–water partition coefficient (Wildman–Crippen LogP) is 3.64. The van der Waals surface area contributed by atoms with Gasteiger partial charge in [0.1, 0.15) is 11.5 Å². The van der Waals surface area contributed by atoms with Crippen LogP contribution in [0.2, 0.25) is 0 Å². The first-order valence-corrected chi connectivity index (χ1v) is 7.38. The Balaban J connectivity index is 1.72. The smallest absolute Gasteiger partial charge is 0.275 e. The Hall–Kier alpha value is -3.47. The molecule has 1 amide bonds. The Morgan fingerprint density at radius 3 is 2.46 bits per heavy atom. The maximum absolute atomic E-state index is 12.3. The maximum atomic E-state index is 12.3. The summed E-state index contributed by atoms with van der Waals surface area (Å²) in [4.78, 5) is 16.3. The van der Waals surface area contributed by atoms with Crippen molar-refractivity contribution in [3.63, 3.8) is 0 Å². The van der Waals surface area contributed by atoms with Crippen molar-refractivity contribution in [1.29, 1.82) is 0 Å². The molecule has 0 radical (unpaired) electrons. The molecular weight excluding hydrogens is 302 g/mol. The average Bonchev–Trinajstić information content (AvgIpc) is 2.64. The molecule has 3 aromatic rings. The van der Waals surface area contributed by atoms with Crippen molar-refractivity contribution in [2.45, 2.75) is 0 Å². The topological polar surface area (TPSA) is 63.6 Å². The van der Waals surface area contributed by atoms with Gasteiger partial charge in [0.2, 0.25) is 0 Å². The Labute approximate surface area is 139 Å². The molecular formula is C19H15N3O2. The zero-order valence-corrected chi connectivity index (χ0v) is 12.8. The molecule has 0 aliphatic carbocycles. The van der Waals surface area contributed by atoms with E-state index in [9.17, 15) is 4.79 Å². The van der Waals surface area contributed by atoms with E-state index in [1.54, 1.807) is 48.9 Å². The number of rotatable bonds is 5. The Morgan fingerprint density at radius 2 is 1.67 bits per heavy atom. The molecule has 0 fully saturated rings. The van der Waals surface area contributed by atoms with Gasteiger partial charge in [-0.3, -0.25) is 9.78 Å². The molecule has 0 bridgehead atoms. The van der Waals surface area contributed by atoms with Gasteiger partial charge in [-0.05, 0) is 42.0 Å². The molecule has 0 spiro atoms. The molecule has 0 saturated heterocycles. The Kier molecular flexibility index (Phi) is 4.94. The van der Waals surface area contributed by atoms with E-state index < -0.39 is 0 Å². The number of benzene rings is 2. The van der Waals surface area contributed by atoms with Crippen LogP contribution in [0.5, 0.6) is 11.5 Å². The van der Waals surface area contributed by atoms with E-state index in [4.69, 9.17) is 4.74 Å². The number of hydrogen-bond acceptors (Lipinski definition) is 4. The minimum Gasteiger partial charge on any atom is -0.457 e. The number of nitrogens with zero attached hydrogens (tertiary/aromatic N) is 2. The van der Waals surface area contributed by atoms with E-state index in [0.29, 0.717) is 17.1 Å². The van der Waals surface area contributed by atoms with Crippen molar-refractivity contribution < 1.29 is 9.53 Å². The Bertz CT molecular complexity index is 834. The summed E-state index contributed by atoms with van der Waals surface area (Å²) in [7, 11) is 0. The summed E-state index contributed by atoms with van der Waals surface area (Å²) in [6.45, 7) is 0. The lowest BCUT2D eigenvalue weighted by atomic mass is 10.2. The summed E-state index contributed by atoms with van der Waals surface area (Å²) in [5.74, 6) is 0.796. The van der Waals surface area contributed by atoms with Gasteiger partial charge in [-0.15, -0.1) is 0 Å². The van der Waals surface area contributed by atoms with Crippen molar-refractivity contribution in [1.82, 2.24) is 10.4 Å². The molecule has 5 heteroatoms. The molecule has 1 heterocycles. The molecule has 0 atom stereocenters. The number of ether oxygens (including phenoxy) is 1. The largest absolute Gasteiger partial charge is 0.457 e.